The molecule has 1 aromatic carbocycles. The summed E-state index contributed by atoms with van der Waals surface area (Å²) in [6, 6.07) is 10.1. The number of benzene rings is 1. The minimum Gasteiger partial charge on any atom is -0.310 e. The van der Waals surface area contributed by atoms with Crippen LogP contribution in [0.2, 0.25) is 0 Å². The number of aromatic nitrogens is 5. The van der Waals surface area contributed by atoms with E-state index in [0.717, 1.165) is 23.4 Å². The van der Waals surface area contributed by atoms with Crippen LogP contribution >= 0.6 is 11.8 Å². The van der Waals surface area contributed by atoms with Crippen molar-refractivity contribution in [3.8, 4) is 11.4 Å². The third-order valence-corrected chi connectivity index (χ3v) is 5.94. The SMILES string of the molecule is CC[C@H](C)n1nccc1NC(=O)[C@@H](C)Sc1nnc(-c2ccccc2C)n1C. The van der Waals surface area contributed by atoms with E-state index in [4.69, 9.17) is 0 Å². The Morgan fingerprint density at radius 2 is 1.96 bits per heavy atom. The Bertz CT molecular complexity index is 963. The third kappa shape index (κ3) is 4.11. The summed E-state index contributed by atoms with van der Waals surface area (Å²) in [7, 11) is 1.92. The Kier molecular flexibility index (Phi) is 6.18. The van der Waals surface area contributed by atoms with Crippen molar-refractivity contribution in [2.45, 2.75) is 50.6 Å². The Balaban J connectivity index is 1.72. The first-order valence-electron chi connectivity index (χ1n) is 9.38. The maximum absolute atomic E-state index is 12.7. The maximum Gasteiger partial charge on any atom is 0.238 e. The molecule has 0 radical (unpaired) electrons. The van der Waals surface area contributed by atoms with Crippen molar-refractivity contribution in [2.24, 2.45) is 7.05 Å². The van der Waals surface area contributed by atoms with Crippen molar-refractivity contribution >= 4 is 23.5 Å². The average Bonchev–Trinajstić information content (AvgIpc) is 3.29. The monoisotopic (exact) mass is 398 g/mol. The van der Waals surface area contributed by atoms with Crippen LogP contribution in [0.4, 0.5) is 5.82 Å². The number of nitrogens with zero attached hydrogens (tertiary/aromatic N) is 5. The predicted molar refractivity (Wildman–Crippen MR) is 112 cm³/mol. The van der Waals surface area contributed by atoms with Crippen molar-refractivity contribution in [2.75, 3.05) is 5.32 Å². The molecule has 0 aliphatic rings. The molecule has 2 aromatic heterocycles. The summed E-state index contributed by atoms with van der Waals surface area (Å²) in [4.78, 5) is 12.7. The average molecular weight is 399 g/mol. The van der Waals surface area contributed by atoms with Gasteiger partial charge in [-0.1, -0.05) is 43.0 Å². The van der Waals surface area contributed by atoms with Gasteiger partial charge in [0.2, 0.25) is 5.91 Å². The van der Waals surface area contributed by atoms with Gasteiger partial charge < -0.3 is 9.88 Å². The first kappa shape index (κ1) is 20.1. The van der Waals surface area contributed by atoms with Gasteiger partial charge in [-0.05, 0) is 32.8 Å². The molecule has 0 bridgehead atoms. The first-order valence-corrected chi connectivity index (χ1v) is 10.3. The molecule has 0 aliphatic carbocycles. The first-order chi connectivity index (χ1) is 13.4. The largest absolute Gasteiger partial charge is 0.310 e. The number of anilines is 1. The van der Waals surface area contributed by atoms with E-state index in [2.05, 4.69) is 34.5 Å². The molecular formula is C20H26N6OS. The molecule has 2 atom stereocenters. The van der Waals surface area contributed by atoms with Crippen molar-refractivity contribution in [1.82, 2.24) is 24.5 Å². The lowest BCUT2D eigenvalue weighted by Gasteiger charge is -2.16. The van der Waals surface area contributed by atoms with Crippen LogP contribution < -0.4 is 5.32 Å². The molecule has 3 rings (SSSR count). The van der Waals surface area contributed by atoms with Crippen molar-refractivity contribution in [1.29, 1.82) is 0 Å². The molecule has 28 heavy (non-hydrogen) atoms. The number of rotatable bonds is 7. The van der Waals surface area contributed by atoms with Gasteiger partial charge in [0.05, 0.1) is 17.5 Å². The number of aryl methyl sites for hydroxylation is 1. The molecule has 0 aliphatic heterocycles. The lowest BCUT2D eigenvalue weighted by Crippen LogP contribution is -2.25. The predicted octanol–water partition coefficient (Wildman–Crippen LogP) is 4.08. The second kappa shape index (κ2) is 8.60. The van der Waals surface area contributed by atoms with Crippen LogP contribution in [0.1, 0.15) is 38.8 Å². The summed E-state index contributed by atoms with van der Waals surface area (Å²) in [6.45, 7) is 8.09. The molecule has 148 valence electrons. The van der Waals surface area contributed by atoms with Gasteiger partial charge in [-0.3, -0.25) is 4.79 Å². The summed E-state index contributed by atoms with van der Waals surface area (Å²) in [5, 5.41) is 16.3. The highest BCUT2D eigenvalue weighted by atomic mass is 32.2. The third-order valence-electron chi connectivity index (χ3n) is 4.80. The maximum atomic E-state index is 12.7. The zero-order chi connectivity index (χ0) is 20.3. The summed E-state index contributed by atoms with van der Waals surface area (Å²) < 4.78 is 3.77. The van der Waals surface area contributed by atoms with E-state index in [1.54, 1.807) is 6.20 Å². The zero-order valence-corrected chi connectivity index (χ0v) is 17.7. The number of thioether (sulfide) groups is 1. The second-order valence-corrected chi connectivity index (χ2v) is 8.16. The van der Waals surface area contributed by atoms with Crippen LogP contribution in [0.3, 0.4) is 0 Å². The Hall–Kier alpha value is -2.61. The van der Waals surface area contributed by atoms with Gasteiger partial charge >= 0.3 is 0 Å². The molecule has 2 heterocycles. The summed E-state index contributed by atoms with van der Waals surface area (Å²) in [5.74, 6) is 1.42. The zero-order valence-electron chi connectivity index (χ0n) is 16.9. The molecule has 1 amide bonds. The van der Waals surface area contributed by atoms with E-state index >= 15 is 0 Å². The highest BCUT2D eigenvalue weighted by Gasteiger charge is 2.21. The Labute approximate surface area is 169 Å². The molecular weight excluding hydrogens is 372 g/mol. The van der Waals surface area contributed by atoms with Crippen LogP contribution in [0.25, 0.3) is 11.4 Å². The van der Waals surface area contributed by atoms with Gasteiger partial charge in [0.25, 0.3) is 0 Å². The Morgan fingerprint density at radius 3 is 2.68 bits per heavy atom. The number of nitrogens with one attached hydrogen (secondary N) is 1. The van der Waals surface area contributed by atoms with Gasteiger partial charge in [-0.15, -0.1) is 10.2 Å². The lowest BCUT2D eigenvalue weighted by molar-refractivity contribution is -0.115. The highest BCUT2D eigenvalue weighted by Crippen LogP contribution is 2.28. The molecule has 0 spiro atoms. The fourth-order valence-electron chi connectivity index (χ4n) is 2.85. The summed E-state index contributed by atoms with van der Waals surface area (Å²) in [5.41, 5.74) is 2.18. The lowest BCUT2D eigenvalue weighted by atomic mass is 10.1. The number of carbonyl (C=O) groups is 1. The van der Waals surface area contributed by atoms with Gasteiger partial charge in [-0.2, -0.15) is 5.10 Å². The van der Waals surface area contributed by atoms with Gasteiger partial charge in [-0.25, -0.2) is 4.68 Å². The second-order valence-electron chi connectivity index (χ2n) is 6.85. The summed E-state index contributed by atoms with van der Waals surface area (Å²) >= 11 is 1.39. The molecule has 8 heteroatoms. The van der Waals surface area contributed by atoms with Crippen molar-refractivity contribution in [3.63, 3.8) is 0 Å². The van der Waals surface area contributed by atoms with E-state index in [-0.39, 0.29) is 17.2 Å². The van der Waals surface area contributed by atoms with Crippen LogP contribution in [0, 0.1) is 6.92 Å². The highest BCUT2D eigenvalue weighted by molar-refractivity contribution is 8.00. The van der Waals surface area contributed by atoms with E-state index in [1.165, 1.54) is 11.8 Å². The van der Waals surface area contributed by atoms with Crippen molar-refractivity contribution in [3.05, 3.63) is 42.1 Å². The van der Waals surface area contributed by atoms with E-state index in [0.29, 0.717) is 11.0 Å². The number of carbonyl (C=O) groups excluding carboxylic acids is 1. The van der Waals surface area contributed by atoms with Crippen molar-refractivity contribution < 1.29 is 4.79 Å². The molecule has 0 saturated heterocycles. The van der Waals surface area contributed by atoms with E-state index in [1.807, 2.05) is 60.5 Å². The molecule has 0 saturated carbocycles. The topological polar surface area (TPSA) is 77.6 Å². The van der Waals surface area contributed by atoms with E-state index in [9.17, 15) is 4.79 Å². The fraction of sp³-hybridized carbons (Fsp3) is 0.400. The van der Waals surface area contributed by atoms with Gasteiger partial charge in [0.15, 0.2) is 11.0 Å². The number of hydrogen-bond acceptors (Lipinski definition) is 5. The minimum atomic E-state index is -0.326. The molecule has 1 N–H and O–H groups in total. The molecule has 0 unspecified atom stereocenters. The standard InChI is InChI=1S/C20H26N6OS/c1-6-14(3)26-17(11-12-21-26)22-19(27)15(4)28-20-24-23-18(25(20)5)16-10-8-7-9-13(16)2/h7-12,14-15H,6H2,1-5H3,(H,22,27)/t14-,15+/m0/s1. The van der Waals surface area contributed by atoms with Crippen LogP contribution in [0.5, 0.6) is 0 Å². The van der Waals surface area contributed by atoms with Gasteiger partial charge in [0, 0.05) is 18.7 Å². The number of amides is 1. The smallest absolute Gasteiger partial charge is 0.238 e. The minimum absolute atomic E-state index is 0.0875. The quantitative estimate of drug-likeness (QED) is 0.607. The van der Waals surface area contributed by atoms with Crippen LogP contribution in [-0.2, 0) is 11.8 Å². The van der Waals surface area contributed by atoms with Crippen LogP contribution in [-0.4, -0.2) is 35.7 Å². The normalized spacial score (nSPS) is 13.3. The van der Waals surface area contributed by atoms with E-state index < -0.39 is 0 Å². The van der Waals surface area contributed by atoms with Gasteiger partial charge in [0.1, 0.15) is 5.82 Å². The number of hydrogen-bond donors (Lipinski definition) is 1. The molecule has 3 aromatic rings. The molecule has 0 fully saturated rings. The fourth-order valence-corrected chi connectivity index (χ4v) is 3.67. The summed E-state index contributed by atoms with van der Waals surface area (Å²) in [6.07, 6.45) is 2.65. The Morgan fingerprint density at radius 1 is 1.21 bits per heavy atom. The van der Waals surface area contributed by atoms with Crippen LogP contribution in [0.15, 0.2) is 41.7 Å². The molecule has 7 nitrogen and oxygen atoms in total.